The SMILES string of the molecule is CCCCCCCC/C=C\CCCCCCCC(=O)OC(COC(=O)CCCCCCCCCCCCCCCCCCCCCCCCCCCCCCCCCCCCCCC)COP(=O)([O-])OCC[N+](C)(C)C. The Bertz CT molecular complexity index is 1290. The molecule has 76 heavy (non-hydrogen) atoms. The number of esters is 2. The summed E-state index contributed by atoms with van der Waals surface area (Å²) >= 11 is 0. The van der Waals surface area contributed by atoms with Crippen LogP contribution in [0.1, 0.15) is 348 Å². The maximum Gasteiger partial charge on any atom is 0.306 e. The predicted molar refractivity (Wildman–Crippen MR) is 324 cm³/mol. The zero-order valence-electron chi connectivity index (χ0n) is 51.5. The van der Waals surface area contributed by atoms with Crippen molar-refractivity contribution in [2.24, 2.45) is 0 Å². The van der Waals surface area contributed by atoms with E-state index in [1.807, 2.05) is 21.1 Å². The summed E-state index contributed by atoms with van der Waals surface area (Å²) in [5.74, 6) is -0.824. The van der Waals surface area contributed by atoms with Gasteiger partial charge in [-0.05, 0) is 38.5 Å². The predicted octanol–water partition coefficient (Wildman–Crippen LogP) is 20.5. The molecule has 0 heterocycles. The number of phosphoric acid groups is 1. The van der Waals surface area contributed by atoms with Gasteiger partial charge in [0.1, 0.15) is 19.8 Å². The highest BCUT2D eigenvalue weighted by molar-refractivity contribution is 7.45. The van der Waals surface area contributed by atoms with E-state index in [0.29, 0.717) is 17.4 Å². The Labute approximate surface area is 473 Å². The van der Waals surface area contributed by atoms with Gasteiger partial charge in [-0.1, -0.05) is 309 Å². The van der Waals surface area contributed by atoms with E-state index in [2.05, 4.69) is 26.0 Å². The maximum absolute atomic E-state index is 12.8. The van der Waals surface area contributed by atoms with E-state index >= 15 is 0 Å². The maximum atomic E-state index is 12.8. The van der Waals surface area contributed by atoms with E-state index in [4.69, 9.17) is 18.5 Å². The smallest absolute Gasteiger partial charge is 0.306 e. The van der Waals surface area contributed by atoms with Crippen molar-refractivity contribution in [3.8, 4) is 0 Å². The van der Waals surface area contributed by atoms with Crippen LogP contribution in [0.3, 0.4) is 0 Å². The third kappa shape index (κ3) is 62.0. The van der Waals surface area contributed by atoms with Crippen LogP contribution in [-0.4, -0.2) is 70.0 Å². The summed E-state index contributed by atoms with van der Waals surface area (Å²) in [6, 6.07) is 0. The minimum atomic E-state index is -4.63. The summed E-state index contributed by atoms with van der Waals surface area (Å²) in [6.45, 7) is 4.28. The molecule has 0 aliphatic rings. The lowest BCUT2D eigenvalue weighted by atomic mass is 10.0. The van der Waals surface area contributed by atoms with Crippen molar-refractivity contribution < 1.29 is 42.1 Å². The van der Waals surface area contributed by atoms with Crippen LogP contribution in [0.2, 0.25) is 0 Å². The van der Waals surface area contributed by atoms with Crippen molar-refractivity contribution in [1.29, 1.82) is 0 Å². The van der Waals surface area contributed by atoms with Gasteiger partial charge in [-0.25, -0.2) is 0 Å². The second-order valence-corrected chi connectivity index (χ2v) is 25.6. The fourth-order valence-corrected chi connectivity index (χ4v) is 10.9. The van der Waals surface area contributed by atoms with Gasteiger partial charge in [0.05, 0.1) is 27.7 Å². The molecule has 10 heteroatoms. The molecule has 0 aromatic heterocycles. The molecule has 0 fully saturated rings. The van der Waals surface area contributed by atoms with Crippen LogP contribution in [0.25, 0.3) is 0 Å². The summed E-state index contributed by atoms with van der Waals surface area (Å²) in [5.41, 5.74) is 0. The standard InChI is InChI=1S/C66H130NO8P/c1-6-8-10-12-14-16-18-20-22-23-24-25-26-27-28-29-30-31-32-33-34-35-36-37-38-39-40-41-42-43-45-46-48-50-52-54-56-58-65(68)72-62-64(63-74-76(70,71)73-61-60-67(3,4)5)75-66(69)59-57-55-53-51-49-47-44-21-19-17-15-13-11-9-7-2/h21,44,64H,6-20,22-43,45-63H2,1-5H3/b44-21-. The molecule has 0 rings (SSSR count). The molecule has 452 valence electrons. The van der Waals surface area contributed by atoms with E-state index in [9.17, 15) is 19.0 Å². The third-order valence-electron chi connectivity index (χ3n) is 15.3. The highest BCUT2D eigenvalue weighted by Gasteiger charge is 2.22. The number of nitrogens with zero attached hydrogens (tertiary/aromatic N) is 1. The number of ether oxygens (including phenoxy) is 2. The first kappa shape index (κ1) is 74.8. The molecule has 0 amide bonds. The van der Waals surface area contributed by atoms with Crippen molar-refractivity contribution in [2.45, 2.75) is 354 Å². The van der Waals surface area contributed by atoms with E-state index in [1.165, 1.54) is 263 Å². The average molecular weight is 1100 g/mol. The summed E-state index contributed by atoms with van der Waals surface area (Å²) in [5, 5.41) is 0. The lowest BCUT2D eigenvalue weighted by molar-refractivity contribution is -0.870. The second kappa shape index (κ2) is 58.4. The molecule has 2 atom stereocenters. The summed E-state index contributed by atoms with van der Waals surface area (Å²) in [7, 11) is 1.18. The molecule has 9 nitrogen and oxygen atoms in total. The Balaban J connectivity index is 3.86. The number of likely N-dealkylation sites (N-methyl/N-ethyl adjacent to an activating group) is 1. The Kier molecular flexibility index (Phi) is 57.4. The largest absolute Gasteiger partial charge is 0.756 e. The normalized spacial score (nSPS) is 13.2. The molecule has 0 bridgehead atoms. The van der Waals surface area contributed by atoms with Crippen LogP contribution in [0.4, 0.5) is 0 Å². The van der Waals surface area contributed by atoms with Gasteiger partial charge in [0.15, 0.2) is 6.10 Å². The lowest BCUT2D eigenvalue weighted by Gasteiger charge is -2.28. The van der Waals surface area contributed by atoms with Crippen LogP contribution < -0.4 is 4.89 Å². The minimum Gasteiger partial charge on any atom is -0.756 e. The average Bonchev–Trinajstić information content (AvgIpc) is 3.38. The van der Waals surface area contributed by atoms with Gasteiger partial charge in [-0.15, -0.1) is 0 Å². The molecule has 0 saturated heterocycles. The van der Waals surface area contributed by atoms with Crippen molar-refractivity contribution in [3.05, 3.63) is 12.2 Å². The van der Waals surface area contributed by atoms with Crippen LogP contribution in [0.5, 0.6) is 0 Å². The first-order chi connectivity index (χ1) is 37.0. The topological polar surface area (TPSA) is 111 Å². The minimum absolute atomic E-state index is 0.0288. The molecule has 0 aromatic carbocycles. The number of hydrogen-bond donors (Lipinski definition) is 0. The summed E-state index contributed by atoms with van der Waals surface area (Å²) in [6.07, 6.45) is 70.3. The Morgan fingerprint density at radius 1 is 0.395 bits per heavy atom. The van der Waals surface area contributed by atoms with Crippen LogP contribution in [0, 0.1) is 0 Å². The zero-order chi connectivity index (χ0) is 55.6. The molecule has 0 aliphatic heterocycles. The first-order valence-electron chi connectivity index (χ1n) is 33.4. The lowest BCUT2D eigenvalue weighted by Crippen LogP contribution is -2.37. The number of phosphoric ester groups is 1. The molecular formula is C66H130NO8P. The van der Waals surface area contributed by atoms with Crippen LogP contribution in [-0.2, 0) is 32.7 Å². The molecule has 0 spiro atoms. The monoisotopic (exact) mass is 1100 g/mol. The number of quaternary nitrogens is 1. The van der Waals surface area contributed by atoms with Gasteiger partial charge in [-0.3, -0.25) is 14.2 Å². The van der Waals surface area contributed by atoms with Crippen LogP contribution >= 0.6 is 7.82 Å². The number of unbranched alkanes of at least 4 members (excludes halogenated alkanes) is 47. The van der Waals surface area contributed by atoms with Crippen molar-refractivity contribution in [2.75, 3.05) is 47.5 Å². The third-order valence-corrected chi connectivity index (χ3v) is 16.2. The number of carbonyl (C=O) groups excluding carboxylic acids is 2. The molecule has 0 aliphatic carbocycles. The molecule has 0 aromatic rings. The molecule has 0 N–H and O–H groups in total. The fraction of sp³-hybridized carbons (Fsp3) is 0.939. The van der Waals surface area contributed by atoms with Gasteiger partial charge in [0.25, 0.3) is 7.82 Å². The highest BCUT2D eigenvalue weighted by atomic mass is 31.2. The van der Waals surface area contributed by atoms with Gasteiger partial charge in [-0.2, -0.15) is 0 Å². The van der Waals surface area contributed by atoms with Crippen molar-refractivity contribution in [1.82, 2.24) is 0 Å². The first-order valence-corrected chi connectivity index (χ1v) is 34.9. The zero-order valence-corrected chi connectivity index (χ0v) is 52.4. The van der Waals surface area contributed by atoms with Crippen molar-refractivity contribution >= 4 is 19.8 Å². The Morgan fingerprint density at radius 2 is 0.671 bits per heavy atom. The Morgan fingerprint density at radius 3 is 0.974 bits per heavy atom. The number of rotatable bonds is 63. The van der Waals surface area contributed by atoms with Crippen molar-refractivity contribution in [3.63, 3.8) is 0 Å². The number of hydrogen-bond acceptors (Lipinski definition) is 8. The quantitative estimate of drug-likeness (QED) is 0.0195. The summed E-state index contributed by atoms with van der Waals surface area (Å²) < 4.78 is 34.2. The number of carbonyl (C=O) groups is 2. The summed E-state index contributed by atoms with van der Waals surface area (Å²) in [4.78, 5) is 37.9. The Hall–Kier alpha value is -1.25. The molecular weight excluding hydrogens is 966 g/mol. The van der Waals surface area contributed by atoms with Gasteiger partial charge in [0.2, 0.25) is 0 Å². The molecule has 0 saturated carbocycles. The van der Waals surface area contributed by atoms with Crippen LogP contribution in [0.15, 0.2) is 12.2 Å². The van der Waals surface area contributed by atoms with Gasteiger partial charge in [0, 0.05) is 12.8 Å². The second-order valence-electron chi connectivity index (χ2n) is 24.2. The van der Waals surface area contributed by atoms with Gasteiger partial charge < -0.3 is 27.9 Å². The van der Waals surface area contributed by atoms with E-state index in [1.54, 1.807) is 0 Å². The van der Waals surface area contributed by atoms with E-state index in [0.717, 1.165) is 51.4 Å². The number of allylic oxidation sites excluding steroid dienone is 2. The molecule has 0 radical (unpaired) electrons. The molecule has 2 unspecified atom stereocenters. The van der Waals surface area contributed by atoms with E-state index in [-0.39, 0.29) is 32.0 Å². The fourth-order valence-electron chi connectivity index (χ4n) is 10.1. The van der Waals surface area contributed by atoms with Gasteiger partial charge >= 0.3 is 11.9 Å². The highest BCUT2D eigenvalue weighted by Crippen LogP contribution is 2.38. The van der Waals surface area contributed by atoms with E-state index < -0.39 is 26.5 Å².